The van der Waals surface area contributed by atoms with Crippen LogP contribution in [0.15, 0.2) is 23.3 Å². The lowest BCUT2D eigenvalue weighted by Crippen LogP contribution is -2.50. The summed E-state index contributed by atoms with van der Waals surface area (Å²) in [6.45, 7) is 16.5. The largest absolute Gasteiger partial charge is 0.461 e. The molecule has 6 heteroatoms. The van der Waals surface area contributed by atoms with Gasteiger partial charge in [-0.05, 0) is 59.0 Å². The molecule has 3 rings (SSSR count). The van der Waals surface area contributed by atoms with Crippen molar-refractivity contribution in [2.24, 2.45) is 34.0 Å². The fraction of sp³-hybridized carbons (Fsp3) is 0.741. The highest BCUT2D eigenvalue weighted by Crippen LogP contribution is 2.62. The second-order valence-corrected chi connectivity index (χ2v) is 12.2. The maximum atomic E-state index is 14.3. The Bertz CT molecular complexity index is 919. The van der Waals surface area contributed by atoms with Crippen LogP contribution in [0.25, 0.3) is 0 Å². The van der Waals surface area contributed by atoms with Crippen molar-refractivity contribution in [2.75, 3.05) is 6.61 Å². The second kappa shape index (κ2) is 8.07. The number of ketones is 1. The maximum absolute atomic E-state index is 14.3. The first-order valence-electron chi connectivity index (χ1n) is 12.0. The Labute approximate surface area is 197 Å². The zero-order valence-electron chi connectivity index (χ0n) is 21.6. The number of allylic oxidation sites excluding steroid dienone is 3. The van der Waals surface area contributed by atoms with Crippen molar-refractivity contribution in [3.63, 3.8) is 0 Å². The van der Waals surface area contributed by atoms with Crippen LogP contribution in [0.3, 0.4) is 0 Å². The molecule has 4 unspecified atom stereocenters. The molecule has 0 amide bonds. The van der Waals surface area contributed by atoms with Crippen LogP contribution in [0.1, 0.15) is 75.2 Å². The molecule has 1 spiro atoms. The molecule has 184 valence electrons. The van der Waals surface area contributed by atoms with Gasteiger partial charge in [-0.1, -0.05) is 38.5 Å². The van der Waals surface area contributed by atoms with E-state index in [2.05, 4.69) is 6.08 Å². The lowest BCUT2D eigenvalue weighted by molar-refractivity contribution is -0.175. The minimum Gasteiger partial charge on any atom is -0.461 e. The third-order valence-corrected chi connectivity index (χ3v) is 8.49. The van der Waals surface area contributed by atoms with E-state index in [1.807, 2.05) is 34.6 Å². The van der Waals surface area contributed by atoms with Gasteiger partial charge in [0, 0.05) is 24.2 Å². The van der Waals surface area contributed by atoms with Crippen molar-refractivity contribution in [3.8, 4) is 0 Å². The van der Waals surface area contributed by atoms with Crippen molar-refractivity contribution in [1.82, 2.24) is 0 Å². The number of Topliss-reactive ketones (excluding diaryl/α,β-unsaturated/α-hetero) is 1. The summed E-state index contributed by atoms with van der Waals surface area (Å²) < 4.78 is 11.5. The third-order valence-electron chi connectivity index (χ3n) is 8.49. The van der Waals surface area contributed by atoms with E-state index in [0.717, 1.165) is 5.57 Å². The van der Waals surface area contributed by atoms with Crippen LogP contribution in [0, 0.1) is 34.0 Å². The molecule has 1 N–H and O–H groups in total. The molecule has 0 aromatic rings. The Morgan fingerprint density at radius 2 is 1.82 bits per heavy atom. The molecule has 1 fully saturated rings. The molecule has 0 aromatic carbocycles. The van der Waals surface area contributed by atoms with Gasteiger partial charge in [0.15, 0.2) is 5.78 Å². The molecule has 0 aliphatic heterocycles. The van der Waals surface area contributed by atoms with Crippen LogP contribution in [0.2, 0.25) is 0 Å². The van der Waals surface area contributed by atoms with Gasteiger partial charge in [0.05, 0.1) is 16.9 Å². The van der Waals surface area contributed by atoms with Gasteiger partial charge in [0.25, 0.3) is 0 Å². The molecular weight excluding hydrogens is 420 g/mol. The number of aliphatic hydroxyl groups is 1. The van der Waals surface area contributed by atoms with E-state index < -0.39 is 33.9 Å². The van der Waals surface area contributed by atoms with E-state index in [1.165, 1.54) is 6.92 Å². The number of carbonyl (C=O) groups excluding carboxylic acids is 3. The van der Waals surface area contributed by atoms with Crippen molar-refractivity contribution >= 4 is 17.7 Å². The van der Waals surface area contributed by atoms with Crippen molar-refractivity contribution in [2.45, 2.75) is 86.9 Å². The van der Waals surface area contributed by atoms with Crippen LogP contribution in [0.5, 0.6) is 0 Å². The minimum atomic E-state index is -0.906. The van der Waals surface area contributed by atoms with Crippen LogP contribution in [0.4, 0.5) is 0 Å². The molecule has 0 saturated heterocycles. The van der Waals surface area contributed by atoms with Crippen LogP contribution >= 0.6 is 0 Å². The highest BCUT2D eigenvalue weighted by atomic mass is 16.6. The van der Waals surface area contributed by atoms with E-state index in [4.69, 9.17) is 9.47 Å². The van der Waals surface area contributed by atoms with Gasteiger partial charge in [-0.2, -0.15) is 0 Å². The van der Waals surface area contributed by atoms with E-state index in [1.54, 1.807) is 26.8 Å². The summed E-state index contributed by atoms with van der Waals surface area (Å²) >= 11 is 0. The van der Waals surface area contributed by atoms with Crippen LogP contribution < -0.4 is 0 Å². The number of ether oxygens (including phenoxy) is 2. The summed E-state index contributed by atoms with van der Waals surface area (Å²) in [5.74, 6) is -1.80. The van der Waals surface area contributed by atoms with Gasteiger partial charge in [-0.15, -0.1) is 0 Å². The highest BCUT2D eigenvalue weighted by Gasteiger charge is 2.65. The number of rotatable bonds is 3. The number of fused-ring (bicyclic) bond motifs is 1. The summed E-state index contributed by atoms with van der Waals surface area (Å²) in [5.41, 5.74) is -1.55. The predicted octanol–water partition coefficient (Wildman–Crippen LogP) is 4.40. The molecule has 3 aliphatic carbocycles. The fourth-order valence-corrected chi connectivity index (χ4v) is 6.25. The van der Waals surface area contributed by atoms with E-state index in [-0.39, 0.29) is 36.2 Å². The van der Waals surface area contributed by atoms with Gasteiger partial charge < -0.3 is 14.6 Å². The average molecular weight is 461 g/mol. The summed E-state index contributed by atoms with van der Waals surface area (Å²) in [4.78, 5) is 38.9. The predicted molar refractivity (Wildman–Crippen MR) is 125 cm³/mol. The first-order valence-corrected chi connectivity index (χ1v) is 12.0. The number of hydrogen-bond donors (Lipinski definition) is 1. The van der Waals surface area contributed by atoms with E-state index in [0.29, 0.717) is 18.4 Å². The number of esters is 2. The quantitative estimate of drug-likeness (QED) is 0.496. The molecule has 2 bridgehead atoms. The molecular formula is C27H40O6. The molecule has 3 aliphatic rings. The van der Waals surface area contributed by atoms with Gasteiger partial charge in [-0.25, -0.2) is 0 Å². The molecule has 1 saturated carbocycles. The molecule has 6 atom stereocenters. The summed E-state index contributed by atoms with van der Waals surface area (Å²) in [7, 11) is 0. The normalized spacial score (nSPS) is 37.8. The first-order chi connectivity index (χ1) is 15.0. The average Bonchev–Trinajstić information content (AvgIpc) is 2.97. The Morgan fingerprint density at radius 3 is 2.36 bits per heavy atom. The number of carbonyl (C=O) groups is 3. The zero-order valence-corrected chi connectivity index (χ0v) is 21.6. The lowest BCUT2D eigenvalue weighted by Gasteiger charge is -2.46. The second-order valence-electron chi connectivity index (χ2n) is 12.2. The Balaban J connectivity index is 2.17. The Morgan fingerprint density at radius 1 is 1.21 bits per heavy atom. The highest BCUT2D eigenvalue weighted by molar-refractivity contribution is 5.93. The molecule has 33 heavy (non-hydrogen) atoms. The zero-order chi connectivity index (χ0) is 25.1. The molecule has 0 aromatic heterocycles. The van der Waals surface area contributed by atoms with E-state index in [9.17, 15) is 19.5 Å². The van der Waals surface area contributed by atoms with Gasteiger partial charge in [0.2, 0.25) is 0 Å². The molecule has 0 radical (unpaired) electrons. The standard InChI is InChI=1S/C27H40O6/c1-15-10-19-21(29)18(14-32-23(31)24(4,5)6)11-20-22(30)27(19,12-15)16(2)13-26(9,25(20,7)8)33-17(3)28/h11-12,16,19-21,29H,10,13-14H2,1-9H3/t16?,19-,20?,21?,26+,27?/m0/s1. The van der Waals surface area contributed by atoms with Gasteiger partial charge in [-0.3, -0.25) is 14.4 Å². The molecule has 6 nitrogen and oxygen atoms in total. The first kappa shape index (κ1) is 25.7. The minimum absolute atomic E-state index is 0.0499. The van der Waals surface area contributed by atoms with E-state index >= 15 is 0 Å². The van der Waals surface area contributed by atoms with Gasteiger partial charge >= 0.3 is 11.9 Å². The maximum Gasteiger partial charge on any atom is 0.311 e. The monoisotopic (exact) mass is 460 g/mol. The Kier molecular flexibility index (Phi) is 6.28. The summed E-state index contributed by atoms with van der Waals surface area (Å²) in [6, 6.07) is 0. The SMILES string of the molecule is CC(=O)O[C@]1(C)CC(C)C23C=C(C)C[C@H]2C(O)C(COC(=O)C(C)(C)C)=CC(C3=O)C1(C)C. The lowest BCUT2D eigenvalue weighted by atomic mass is 9.62. The third kappa shape index (κ3) is 3.98. The van der Waals surface area contributed by atoms with Gasteiger partial charge in [0.1, 0.15) is 12.2 Å². The van der Waals surface area contributed by atoms with Crippen LogP contribution in [-0.2, 0) is 23.9 Å². The number of hydrogen-bond acceptors (Lipinski definition) is 6. The van der Waals surface area contributed by atoms with Crippen molar-refractivity contribution in [1.29, 1.82) is 0 Å². The fourth-order valence-electron chi connectivity index (χ4n) is 6.25. The Hall–Kier alpha value is -1.95. The molecule has 0 heterocycles. The van der Waals surface area contributed by atoms with Crippen molar-refractivity contribution < 1.29 is 29.0 Å². The summed E-state index contributed by atoms with van der Waals surface area (Å²) in [6.07, 6.45) is 4.05. The van der Waals surface area contributed by atoms with Crippen LogP contribution in [-0.4, -0.2) is 41.1 Å². The summed E-state index contributed by atoms with van der Waals surface area (Å²) in [5, 5.41) is 11.5. The number of aliphatic hydroxyl groups excluding tert-OH is 1. The smallest absolute Gasteiger partial charge is 0.311 e. The topological polar surface area (TPSA) is 89.9 Å². The van der Waals surface area contributed by atoms with Crippen molar-refractivity contribution in [3.05, 3.63) is 23.3 Å².